The third kappa shape index (κ3) is 2.83. The minimum absolute atomic E-state index is 0.319. The standard InChI is InChI=1S/C12H18BrN3/c1-14-12(16-7-5-15-6-8-16)10-3-2-4-11(13)9-10/h2-4,9,12,14-15H,5-8H2,1H3. The Morgan fingerprint density at radius 2 is 2.12 bits per heavy atom. The van der Waals surface area contributed by atoms with Gasteiger partial charge in [0.2, 0.25) is 0 Å². The van der Waals surface area contributed by atoms with Crippen LogP contribution in [0.1, 0.15) is 11.7 Å². The predicted octanol–water partition coefficient (Wildman–Crippen LogP) is 1.57. The van der Waals surface area contributed by atoms with Gasteiger partial charge < -0.3 is 10.6 Å². The van der Waals surface area contributed by atoms with Crippen LogP contribution in [0.3, 0.4) is 0 Å². The number of hydrogen-bond acceptors (Lipinski definition) is 3. The fourth-order valence-corrected chi connectivity index (χ4v) is 2.59. The quantitative estimate of drug-likeness (QED) is 0.882. The predicted molar refractivity (Wildman–Crippen MR) is 70.4 cm³/mol. The summed E-state index contributed by atoms with van der Waals surface area (Å²) in [5.74, 6) is 0. The molecule has 2 rings (SSSR count). The first kappa shape index (κ1) is 12.0. The van der Waals surface area contributed by atoms with Crippen molar-refractivity contribution in [3.63, 3.8) is 0 Å². The zero-order chi connectivity index (χ0) is 11.4. The highest BCUT2D eigenvalue weighted by molar-refractivity contribution is 9.10. The summed E-state index contributed by atoms with van der Waals surface area (Å²) in [4.78, 5) is 2.47. The number of nitrogens with zero attached hydrogens (tertiary/aromatic N) is 1. The van der Waals surface area contributed by atoms with Crippen molar-refractivity contribution >= 4 is 15.9 Å². The molecule has 1 saturated heterocycles. The lowest BCUT2D eigenvalue weighted by Crippen LogP contribution is -2.48. The van der Waals surface area contributed by atoms with E-state index in [-0.39, 0.29) is 0 Å². The summed E-state index contributed by atoms with van der Waals surface area (Å²) in [5.41, 5.74) is 1.32. The molecule has 0 aromatic heterocycles. The second-order valence-corrected chi connectivity index (χ2v) is 4.95. The van der Waals surface area contributed by atoms with Gasteiger partial charge in [-0.1, -0.05) is 28.1 Å². The van der Waals surface area contributed by atoms with E-state index in [0.29, 0.717) is 6.17 Å². The van der Waals surface area contributed by atoms with Gasteiger partial charge >= 0.3 is 0 Å². The summed E-state index contributed by atoms with van der Waals surface area (Å²) < 4.78 is 1.14. The highest BCUT2D eigenvalue weighted by Crippen LogP contribution is 2.21. The van der Waals surface area contributed by atoms with Crippen molar-refractivity contribution in [3.8, 4) is 0 Å². The normalized spacial score (nSPS) is 19.6. The minimum atomic E-state index is 0.319. The first-order valence-electron chi connectivity index (χ1n) is 5.69. The van der Waals surface area contributed by atoms with Crippen molar-refractivity contribution in [2.75, 3.05) is 33.2 Å². The summed E-state index contributed by atoms with van der Waals surface area (Å²) in [6.07, 6.45) is 0.319. The van der Waals surface area contributed by atoms with Crippen molar-refractivity contribution in [3.05, 3.63) is 34.3 Å². The van der Waals surface area contributed by atoms with E-state index in [9.17, 15) is 0 Å². The molecule has 3 nitrogen and oxygen atoms in total. The van der Waals surface area contributed by atoms with E-state index in [4.69, 9.17) is 0 Å². The smallest absolute Gasteiger partial charge is 0.0859 e. The molecular formula is C12H18BrN3. The van der Waals surface area contributed by atoms with E-state index in [1.165, 1.54) is 5.56 Å². The molecule has 0 bridgehead atoms. The van der Waals surface area contributed by atoms with Gasteiger partial charge in [-0.3, -0.25) is 4.90 Å². The van der Waals surface area contributed by atoms with E-state index in [0.717, 1.165) is 30.7 Å². The molecule has 1 atom stereocenters. The van der Waals surface area contributed by atoms with Crippen LogP contribution in [0, 0.1) is 0 Å². The lowest BCUT2D eigenvalue weighted by atomic mass is 10.1. The first-order chi connectivity index (χ1) is 7.81. The molecule has 0 saturated carbocycles. The topological polar surface area (TPSA) is 27.3 Å². The van der Waals surface area contributed by atoms with E-state index < -0.39 is 0 Å². The van der Waals surface area contributed by atoms with Gasteiger partial charge in [0, 0.05) is 30.7 Å². The van der Waals surface area contributed by atoms with Crippen LogP contribution in [0.5, 0.6) is 0 Å². The lowest BCUT2D eigenvalue weighted by molar-refractivity contribution is 0.153. The van der Waals surface area contributed by atoms with Gasteiger partial charge in [-0.15, -0.1) is 0 Å². The van der Waals surface area contributed by atoms with Gasteiger partial charge in [0.05, 0.1) is 6.17 Å². The van der Waals surface area contributed by atoms with Crippen LogP contribution >= 0.6 is 15.9 Å². The molecule has 1 aromatic carbocycles. The third-order valence-corrected chi connectivity index (χ3v) is 3.45. The molecule has 0 radical (unpaired) electrons. The molecule has 0 spiro atoms. The molecule has 1 unspecified atom stereocenters. The number of hydrogen-bond donors (Lipinski definition) is 2. The molecule has 0 aliphatic carbocycles. The molecule has 88 valence electrons. The molecule has 1 aliphatic heterocycles. The highest BCUT2D eigenvalue weighted by atomic mass is 79.9. The largest absolute Gasteiger partial charge is 0.314 e. The number of nitrogens with one attached hydrogen (secondary N) is 2. The average molecular weight is 284 g/mol. The van der Waals surface area contributed by atoms with E-state index in [2.05, 4.69) is 55.7 Å². The second-order valence-electron chi connectivity index (χ2n) is 4.03. The van der Waals surface area contributed by atoms with Crippen molar-refractivity contribution in [2.45, 2.75) is 6.17 Å². The Hall–Kier alpha value is -0.420. The van der Waals surface area contributed by atoms with Crippen molar-refractivity contribution < 1.29 is 0 Å². The van der Waals surface area contributed by atoms with Gasteiger partial charge in [0.15, 0.2) is 0 Å². The molecule has 1 aromatic rings. The first-order valence-corrected chi connectivity index (χ1v) is 6.48. The summed E-state index contributed by atoms with van der Waals surface area (Å²) in [7, 11) is 2.02. The van der Waals surface area contributed by atoms with Crippen LogP contribution in [0.25, 0.3) is 0 Å². The fourth-order valence-electron chi connectivity index (χ4n) is 2.18. The molecule has 2 N–H and O–H groups in total. The Kier molecular flexibility index (Phi) is 4.35. The number of halogens is 1. The SMILES string of the molecule is CNC(c1cccc(Br)c1)N1CCNCC1. The lowest BCUT2D eigenvalue weighted by Gasteiger charge is -2.35. The Bertz CT molecular complexity index is 337. The van der Waals surface area contributed by atoms with E-state index >= 15 is 0 Å². The van der Waals surface area contributed by atoms with Crippen LogP contribution in [-0.2, 0) is 0 Å². The van der Waals surface area contributed by atoms with Gasteiger partial charge in [-0.05, 0) is 24.7 Å². The average Bonchev–Trinajstić information content (AvgIpc) is 2.31. The fraction of sp³-hybridized carbons (Fsp3) is 0.500. The Morgan fingerprint density at radius 3 is 2.75 bits per heavy atom. The maximum Gasteiger partial charge on any atom is 0.0859 e. The van der Waals surface area contributed by atoms with Gasteiger partial charge in [0.25, 0.3) is 0 Å². The molecule has 1 fully saturated rings. The molecular weight excluding hydrogens is 266 g/mol. The summed E-state index contributed by atoms with van der Waals surface area (Å²) >= 11 is 3.53. The Labute approximate surface area is 105 Å². The van der Waals surface area contributed by atoms with Crippen LogP contribution < -0.4 is 10.6 Å². The Balaban J connectivity index is 2.14. The van der Waals surface area contributed by atoms with Crippen LogP contribution in [0.2, 0.25) is 0 Å². The van der Waals surface area contributed by atoms with Crippen molar-refractivity contribution in [1.82, 2.24) is 15.5 Å². The number of rotatable bonds is 3. The molecule has 0 amide bonds. The minimum Gasteiger partial charge on any atom is -0.314 e. The van der Waals surface area contributed by atoms with E-state index in [1.807, 2.05) is 7.05 Å². The molecule has 4 heteroatoms. The van der Waals surface area contributed by atoms with E-state index in [1.54, 1.807) is 0 Å². The molecule has 1 aliphatic rings. The third-order valence-electron chi connectivity index (χ3n) is 2.95. The zero-order valence-corrected chi connectivity index (χ0v) is 11.1. The van der Waals surface area contributed by atoms with Crippen LogP contribution in [0.15, 0.2) is 28.7 Å². The van der Waals surface area contributed by atoms with Crippen molar-refractivity contribution in [1.29, 1.82) is 0 Å². The van der Waals surface area contributed by atoms with Gasteiger partial charge in [0.1, 0.15) is 0 Å². The summed E-state index contributed by atoms with van der Waals surface area (Å²) in [6, 6.07) is 8.51. The maximum atomic E-state index is 3.53. The number of piperazine rings is 1. The highest BCUT2D eigenvalue weighted by Gasteiger charge is 2.20. The maximum absolute atomic E-state index is 3.53. The van der Waals surface area contributed by atoms with Crippen LogP contribution in [-0.4, -0.2) is 38.1 Å². The van der Waals surface area contributed by atoms with Gasteiger partial charge in [-0.25, -0.2) is 0 Å². The number of benzene rings is 1. The van der Waals surface area contributed by atoms with Crippen LogP contribution in [0.4, 0.5) is 0 Å². The summed E-state index contributed by atoms with van der Waals surface area (Å²) in [6.45, 7) is 4.34. The Morgan fingerprint density at radius 1 is 1.38 bits per heavy atom. The monoisotopic (exact) mass is 283 g/mol. The summed E-state index contributed by atoms with van der Waals surface area (Å²) in [5, 5.41) is 6.77. The van der Waals surface area contributed by atoms with Gasteiger partial charge in [-0.2, -0.15) is 0 Å². The molecule has 16 heavy (non-hydrogen) atoms. The molecule has 1 heterocycles. The van der Waals surface area contributed by atoms with Crippen molar-refractivity contribution in [2.24, 2.45) is 0 Å². The second kappa shape index (κ2) is 5.77. The zero-order valence-electron chi connectivity index (χ0n) is 9.54.